The smallest absolute Gasteiger partial charge is 0.405 e. The van der Waals surface area contributed by atoms with Gasteiger partial charge in [-0.3, -0.25) is 0 Å². The molecule has 1 nitrogen and oxygen atoms in total. The molecular weight excluding hydrogens is 229 g/mol. The Morgan fingerprint density at radius 3 is 2.33 bits per heavy atom. The maximum Gasteiger partial charge on any atom is 0.573 e. The predicted molar refractivity (Wildman–Crippen MR) is 52.1 cm³/mol. The van der Waals surface area contributed by atoms with E-state index in [1.165, 1.54) is 6.07 Å². The summed E-state index contributed by atoms with van der Waals surface area (Å²) in [5.74, 6) is -0.165. The average Bonchev–Trinajstić information content (AvgIpc) is 2.16. The normalized spacial score (nSPS) is 11.5. The van der Waals surface area contributed by atoms with E-state index < -0.39 is 6.36 Å². The first-order chi connectivity index (χ1) is 6.98. The van der Waals surface area contributed by atoms with Crippen molar-refractivity contribution in [3.8, 4) is 5.75 Å². The van der Waals surface area contributed by atoms with E-state index in [2.05, 4.69) is 4.74 Å². The lowest BCUT2D eigenvalue weighted by atomic mass is 10.1. The minimum absolute atomic E-state index is 0.000741. The molecule has 1 rings (SSSR count). The Bertz CT molecular complexity index is 314. The second-order valence-corrected chi connectivity index (χ2v) is 3.21. The molecule has 0 radical (unpaired) electrons. The predicted octanol–water partition coefficient (Wildman–Crippen LogP) is 3.89. The molecule has 0 aliphatic heterocycles. The molecule has 0 spiro atoms. The summed E-state index contributed by atoms with van der Waals surface area (Å²) in [5, 5.41) is 0. The summed E-state index contributed by atoms with van der Waals surface area (Å²) in [6.45, 7) is 1.76. The van der Waals surface area contributed by atoms with Crippen molar-refractivity contribution >= 4 is 11.6 Å². The second kappa shape index (κ2) is 4.75. The zero-order chi connectivity index (χ0) is 11.5. The number of benzene rings is 1. The van der Waals surface area contributed by atoms with Gasteiger partial charge in [-0.05, 0) is 12.0 Å². The van der Waals surface area contributed by atoms with E-state index >= 15 is 0 Å². The van der Waals surface area contributed by atoms with Crippen molar-refractivity contribution in [2.75, 3.05) is 0 Å². The van der Waals surface area contributed by atoms with Crippen molar-refractivity contribution in [1.29, 1.82) is 0 Å². The summed E-state index contributed by atoms with van der Waals surface area (Å²) in [4.78, 5) is 0. The maximum absolute atomic E-state index is 12.1. The van der Waals surface area contributed by atoms with Gasteiger partial charge < -0.3 is 4.74 Å². The average molecular weight is 239 g/mol. The van der Waals surface area contributed by atoms with Crippen molar-refractivity contribution in [3.05, 3.63) is 29.3 Å². The molecule has 0 aliphatic rings. The molecule has 0 saturated carbocycles. The Hall–Kier alpha value is -0.900. The number of aryl methyl sites for hydroxylation is 1. The fraction of sp³-hybridized carbons (Fsp3) is 0.400. The van der Waals surface area contributed by atoms with E-state index in [1.807, 2.05) is 0 Å². The van der Waals surface area contributed by atoms with Crippen molar-refractivity contribution < 1.29 is 17.9 Å². The largest absolute Gasteiger partial charge is 0.573 e. The Morgan fingerprint density at radius 1 is 1.27 bits per heavy atom. The van der Waals surface area contributed by atoms with Gasteiger partial charge in [-0.1, -0.05) is 25.1 Å². The Morgan fingerprint density at radius 2 is 1.87 bits per heavy atom. The molecule has 0 amide bonds. The van der Waals surface area contributed by atoms with Crippen LogP contribution in [0.3, 0.4) is 0 Å². The molecule has 84 valence electrons. The standard InChI is InChI=1S/C10H10ClF3O/c1-2-7-4-3-5-8(6-11)9(7)15-10(12,13)14/h3-5H,2,6H2,1H3. The Balaban J connectivity index is 3.11. The fourth-order valence-electron chi connectivity index (χ4n) is 1.27. The third-order valence-electron chi connectivity index (χ3n) is 1.92. The first kappa shape index (κ1) is 12.2. The van der Waals surface area contributed by atoms with E-state index in [0.717, 1.165) is 0 Å². The molecule has 0 aromatic heterocycles. The monoisotopic (exact) mass is 238 g/mol. The highest BCUT2D eigenvalue weighted by molar-refractivity contribution is 6.17. The van der Waals surface area contributed by atoms with Crippen LogP contribution in [0.1, 0.15) is 18.1 Å². The van der Waals surface area contributed by atoms with Gasteiger partial charge in [0, 0.05) is 5.56 Å². The highest BCUT2D eigenvalue weighted by atomic mass is 35.5. The number of para-hydroxylation sites is 1. The van der Waals surface area contributed by atoms with Gasteiger partial charge in [-0.2, -0.15) is 0 Å². The quantitative estimate of drug-likeness (QED) is 0.726. The lowest BCUT2D eigenvalue weighted by Crippen LogP contribution is -2.19. The maximum atomic E-state index is 12.1. The molecule has 1 aromatic carbocycles. The van der Waals surface area contributed by atoms with Crippen LogP contribution in [0.25, 0.3) is 0 Å². The van der Waals surface area contributed by atoms with Crippen molar-refractivity contribution in [2.45, 2.75) is 25.6 Å². The molecule has 0 atom stereocenters. The van der Waals surface area contributed by atoms with Crippen molar-refractivity contribution in [2.24, 2.45) is 0 Å². The number of hydrogen-bond acceptors (Lipinski definition) is 1. The van der Waals surface area contributed by atoms with E-state index in [1.54, 1.807) is 19.1 Å². The highest BCUT2D eigenvalue weighted by Crippen LogP contribution is 2.31. The summed E-state index contributed by atoms with van der Waals surface area (Å²) in [6, 6.07) is 4.78. The molecule has 5 heteroatoms. The summed E-state index contributed by atoms with van der Waals surface area (Å²) in [5.41, 5.74) is 0.860. The molecule has 0 unspecified atom stereocenters. The van der Waals surface area contributed by atoms with Crippen LogP contribution in [-0.4, -0.2) is 6.36 Å². The Labute approximate surface area is 90.8 Å². The van der Waals surface area contributed by atoms with Gasteiger partial charge >= 0.3 is 6.36 Å². The minimum Gasteiger partial charge on any atom is -0.405 e. The van der Waals surface area contributed by atoms with Gasteiger partial charge in [-0.25, -0.2) is 0 Å². The third kappa shape index (κ3) is 3.30. The zero-order valence-corrected chi connectivity index (χ0v) is 8.82. The molecule has 0 heterocycles. The van der Waals surface area contributed by atoms with Crippen LogP contribution < -0.4 is 4.74 Å². The molecule has 0 saturated heterocycles. The lowest BCUT2D eigenvalue weighted by molar-refractivity contribution is -0.275. The van der Waals surface area contributed by atoms with Crippen LogP contribution in [0.4, 0.5) is 13.2 Å². The zero-order valence-electron chi connectivity index (χ0n) is 8.07. The highest BCUT2D eigenvalue weighted by Gasteiger charge is 2.32. The molecular formula is C10H10ClF3O. The summed E-state index contributed by atoms with van der Waals surface area (Å²) in [7, 11) is 0. The van der Waals surface area contributed by atoms with Crippen molar-refractivity contribution in [1.82, 2.24) is 0 Å². The SMILES string of the molecule is CCc1cccc(CCl)c1OC(F)(F)F. The summed E-state index contributed by atoms with van der Waals surface area (Å²) < 4.78 is 40.3. The summed E-state index contributed by atoms with van der Waals surface area (Å²) >= 11 is 5.54. The van der Waals surface area contributed by atoms with Crippen LogP contribution in [0.15, 0.2) is 18.2 Å². The van der Waals surface area contributed by atoms with E-state index in [0.29, 0.717) is 17.5 Å². The van der Waals surface area contributed by atoms with E-state index in [-0.39, 0.29) is 11.6 Å². The van der Waals surface area contributed by atoms with Crippen molar-refractivity contribution in [3.63, 3.8) is 0 Å². The molecule has 0 aliphatic carbocycles. The van der Waals surface area contributed by atoms with Crippen LogP contribution in [-0.2, 0) is 12.3 Å². The summed E-state index contributed by atoms with van der Waals surface area (Å²) in [6.07, 6.45) is -4.21. The topological polar surface area (TPSA) is 9.23 Å². The van der Waals surface area contributed by atoms with Gasteiger partial charge in [0.05, 0.1) is 5.88 Å². The lowest BCUT2D eigenvalue weighted by Gasteiger charge is -2.15. The fourth-order valence-corrected chi connectivity index (χ4v) is 1.48. The number of rotatable bonds is 3. The van der Waals surface area contributed by atoms with Crippen LogP contribution in [0, 0.1) is 0 Å². The van der Waals surface area contributed by atoms with Crippen LogP contribution in [0.5, 0.6) is 5.75 Å². The van der Waals surface area contributed by atoms with Crippen LogP contribution >= 0.6 is 11.6 Å². The van der Waals surface area contributed by atoms with Gasteiger partial charge in [0.1, 0.15) is 5.75 Å². The molecule has 15 heavy (non-hydrogen) atoms. The van der Waals surface area contributed by atoms with Crippen LogP contribution in [0.2, 0.25) is 0 Å². The number of hydrogen-bond donors (Lipinski definition) is 0. The van der Waals surface area contributed by atoms with E-state index in [9.17, 15) is 13.2 Å². The third-order valence-corrected chi connectivity index (χ3v) is 2.21. The Kier molecular flexibility index (Phi) is 3.85. The number of alkyl halides is 4. The molecule has 0 fully saturated rings. The first-order valence-electron chi connectivity index (χ1n) is 4.40. The number of halogens is 4. The molecule has 1 aromatic rings. The van der Waals surface area contributed by atoms with Gasteiger partial charge in [-0.15, -0.1) is 24.8 Å². The van der Waals surface area contributed by atoms with Gasteiger partial charge in [0.25, 0.3) is 0 Å². The second-order valence-electron chi connectivity index (χ2n) is 2.94. The van der Waals surface area contributed by atoms with Gasteiger partial charge in [0.15, 0.2) is 0 Å². The van der Waals surface area contributed by atoms with E-state index in [4.69, 9.17) is 11.6 Å². The first-order valence-corrected chi connectivity index (χ1v) is 4.94. The van der Waals surface area contributed by atoms with Gasteiger partial charge in [0.2, 0.25) is 0 Å². The number of ether oxygens (including phenoxy) is 1. The molecule has 0 N–H and O–H groups in total. The molecule has 0 bridgehead atoms. The minimum atomic E-state index is -4.67.